The maximum atomic E-state index is 12.9. The number of benzene rings is 6. The number of hydrogen-bond acceptors (Lipinski definition) is 20. The fourth-order valence-corrected chi connectivity index (χ4v) is 12.8. The molecule has 0 radical (unpaired) electrons. The first-order chi connectivity index (χ1) is 52.2. The Morgan fingerprint density at radius 1 is 0.491 bits per heavy atom. The van der Waals surface area contributed by atoms with Crippen LogP contribution in [0.2, 0.25) is 0 Å². The quantitative estimate of drug-likeness (QED) is 0.0370. The number of carbonyl (C=O) groups excluding carboxylic acids is 2. The van der Waals surface area contributed by atoms with Gasteiger partial charge in [-0.2, -0.15) is 30.6 Å². The second kappa shape index (κ2) is 34.8. The molecule has 558 valence electrons. The van der Waals surface area contributed by atoms with Gasteiger partial charge in [-0.05, 0) is 181 Å². The number of ether oxygens (including phenoxy) is 4. The van der Waals surface area contributed by atoms with Crippen molar-refractivity contribution in [2.24, 2.45) is 0 Å². The number of likely N-dealkylation sites (tertiary alicyclic amines) is 2. The molecule has 0 aliphatic carbocycles. The smallest absolute Gasteiger partial charge is 0.410 e. The molecule has 3 aliphatic rings. The Bertz CT molecular complexity index is 5310. The largest absolute Gasteiger partial charge is 0.478 e. The molecule has 0 saturated carbocycles. The van der Waals surface area contributed by atoms with E-state index in [1.807, 2.05) is 189 Å². The summed E-state index contributed by atoms with van der Waals surface area (Å²) in [5, 5.41) is 46.4. The number of nitrogens with two attached hydrogens (primary N) is 3. The lowest BCUT2D eigenvalue weighted by Crippen LogP contribution is -2.43. The number of nitrogens with zero attached hydrogens (tertiary/aromatic N) is 11. The Kier molecular flexibility index (Phi) is 24.6. The van der Waals surface area contributed by atoms with Crippen molar-refractivity contribution in [3.05, 3.63) is 220 Å². The van der Waals surface area contributed by atoms with Crippen molar-refractivity contribution < 1.29 is 38.4 Å². The van der Waals surface area contributed by atoms with Gasteiger partial charge in [0.15, 0.2) is 17.5 Å². The van der Waals surface area contributed by atoms with E-state index in [1.165, 1.54) is 12.5 Å². The van der Waals surface area contributed by atoms with E-state index in [0.29, 0.717) is 93.2 Å². The number of anilines is 3. The first-order valence-electron chi connectivity index (χ1n) is 34.8. The van der Waals surface area contributed by atoms with Gasteiger partial charge in [0, 0.05) is 61.9 Å². The number of carboxylic acids is 1. The van der Waals surface area contributed by atoms with Crippen LogP contribution in [-0.4, -0.2) is 144 Å². The van der Waals surface area contributed by atoms with E-state index in [9.17, 15) is 28.8 Å². The number of hydrogen-bond donors (Lipinski definition) is 8. The van der Waals surface area contributed by atoms with Gasteiger partial charge in [0.05, 0.1) is 34.3 Å². The van der Waals surface area contributed by atoms with Gasteiger partial charge >= 0.3 is 12.1 Å². The third-order valence-corrected chi connectivity index (χ3v) is 17.7. The number of piperidine rings is 3. The third-order valence-electron chi connectivity index (χ3n) is 17.7. The van der Waals surface area contributed by atoms with Gasteiger partial charge in [-0.15, -0.1) is 11.6 Å². The summed E-state index contributed by atoms with van der Waals surface area (Å²) in [5.74, 6) is 3.82. The minimum Gasteiger partial charge on any atom is -0.478 e. The number of rotatable bonds is 14. The zero-order chi connectivity index (χ0) is 76.6. The second-order valence-corrected chi connectivity index (χ2v) is 26.2. The van der Waals surface area contributed by atoms with Crippen molar-refractivity contribution in [2.45, 2.75) is 83.0 Å². The van der Waals surface area contributed by atoms with Crippen LogP contribution < -0.4 is 53.4 Å². The average Bonchev–Trinajstić information content (AvgIpc) is 1.61. The summed E-state index contributed by atoms with van der Waals surface area (Å²) in [4.78, 5) is 75.9. The summed E-state index contributed by atoms with van der Waals surface area (Å²) in [6.45, 7) is 15.8. The summed E-state index contributed by atoms with van der Waals surface area (Å²) in [6, 6.07) is 50.8. The van der Waals surface area contributed by atoms with Crippen LogP contribution >= 0.6 is 11.6 Å². The molecule has 29 nitrogen and oxygen atoms in total. The Balaban J connectivity index is 0.000000155. The van der Waals surface area contributed by atoms with Gasteiger partial charge in [0.2, 0.25) is 5.91 Å². The molecular weight excluding hydrogens is 1400 g/mol. The summed E-state index contributed by atoms with van der Waals surface area (Å²) in [6.07, 6.45) is 8.31. The van der Waals surface area contributed by atoms with E-state index in [2.05, 4.69) is 60.7 Å². The number of H-pyrrole nitrogens is 3. The van der Waals surface area contributed by atoms with Crippen LogP contribution in [0, 0.1) is 0 Å². The van der Waals surface area contributed by atoms with Crippen LogP contribution in [0.25, 0.3) is 66.5 Å². The lowest BCUT2D eigenvalue weighted by atomic mass is 10.1. The number of nitrogen functional groups attached to an aromatic ring is 3. The standard InChI is InChI=1S/C27H30N6O4.C25H24N6O3.C22H22N6O2.C3H4O2.CH3Cl/c1-27(2,3)37-26(35)32-15-7-8-18(16-32)33-23-21(24(28)29-30-25(23)34)22(31-33)17-11-13-20(14-12-17)36-19-9-5-4-6-10-19;1-2-20(32)30-14-6-7-17(15-30)31-23-21(24(26)27-28-25(23)33)22(29-31)16-10-12-19(13-11-16)34-18-8-4-3-5-9-18;23-21-18-19(14-8-10-17(11-9-14)30-16-6-2-1-3-7-16)27-28(15-5-4-12-24-13-15)20(18)22(29)26-25-21;1-2-3(4)5;1-2/h4-6,9-14,18H,7-8,15-16H2,1-3H3,(H2,28,29)(H,30,34);2-5,8-13,17H,1,6-7,14-15H2,(H2,26,27)(H,28,33);1-3,6-11,15,24H,4-5,12-13H2,(H2,23,25)(H,26,29);2H,1H2,(H,4,5);1H3/t18-;17-;15-;;/m111../s1. The van der Waals surface area contributed by atoms with Gasteiger partial charge in [-0.25, -0.2) is 24.9 Å². The summed E-state index contributed by atoms with van der Waals surface area (Å²) >= 11 is 4.64. The Morgan fingerprint density at radius 3 is 1.14 bits per heavy atom. The molecule has 11 N–H and O–H groups in total. The molecule has 3 atom stereocenters. The fraction of sp³-hybridized carbons (Fsp3) is 0.256. The normalized spacial score (nSPS) is 15.5. The number of fused-ring (bicyclic) bond motifs is 3. The highest BCUT2D eigenvalue weighted by molar-refractivity contribution is 6.15. The number of carboxylic acid groups (broad SMARTS) is 1. The lowest BCUT2D eigenvalue weighted by Gasteiger charge is -2.34. The molecule has 3 saturated heterocycles. The van der Waals surface area contributed by atoms with E-state index in [0.717, 1.165) is 91.6 Å². The predicted octanol–water partition coefficient (Wildman–Crippen LogP) is 12.4. The maximum absolute atomic E-state index is 12.9. The van der Waals surface area contributed by atoms with Crippen molar-refractivity contribution in [1.29, 1.82) is 0 Å². The molecule has 12 aromatic rings. The van der Waals surface area contributed by atoms with Crippen LogP contribution in [0.3, 0.4) is 0 Å². The summed E-state index contributed by atoms with van der Waals surface area (Å²) in [7, 11) is 0. The van der Waals surface area contributed by atoms with Crippen molar-refractivity contribution in [1.82, 2.24) is 75.1 Å². The highest BCUT2D eigenvalue weighted by Crippen LogP contribution is 2.39. The number of carbonyl (C=O) groups is 3. The van der Waals surface area contributed by atoms with Crippen LogP contribution in [0.5, 0.6) is 34.5 Å². The molecule has 0 spiro atoms. The van der Waals surface area contributed by atoms with Crippen molar-refractivity contribution in [2.75, 3.05) is 62.9 Å². The van der Waals surface area contributed by atoms with Gasteiger partial charge < -0.3 is 56.4 Å². The molecule has 30 heteroatoms. The molecule has 0 unspecified atom stereocenters. The second-order valence-electron chi connectivity index (χ2n) is 26.2. The SMILES string of the molecule is C=CC(=O)N1CCC[C@@H](n2nc(-c3ccc(Oc4ccccc4)cc3)c3c(N)n[nH]c(=O)c32)C1.C=CC(=O)O.CC(C)(C)OC(=O)N1CCC[C@@H](n2nc(-c3ccc(Oc4ccccc4)cc3)c3c(N)n[nH]c(=O)c32)C1.CCl.Nc1n[nH]c(=O)c2c1c(-c1ccc(Oc3ccccc3)cc1)nn2[C@@H]1CCCNC1. The van der Waals surface area contributed by atoms with E-state index in [4.69, 9.17) is 56.6 Å². The number of alkyl halides is 1. The molecule has 9 heterocycles. The van der Waals surface area contributed by atoms with Gasteiger partial charge in [0.25, 0.3) is 16.7 Å². The van der Waals surface area contributed by atoms with Gasteiger partial charge in [0.1, 0.15) is 73.7 Å². The Morgan fingerprint density at radius 2 is 0.815 bits per heavy atom. The topological polar surface area (TPSA) is 396 Å². The molecule has 6 aromatic carbocycles. The Hall–Kier alpha value is -12.9. The van der Waals surface area contributed by atoms with E-state index >= 15 is 0 Å². The molecule has 3 aliphatic heterocycles. The first-order valence-corrected chi connectivity index (χ1v) is 35.6. The monoisotopic (exact) mass is 1480 g/mol. The molecular formula is C78H83ClN18O11. The fourth-order valence-electron chi connectivity index (χ4n) is 12.8. The minimum absolute atomic E-state index is 0.0959. The minimum atomic E-state index is -0.981. The van der Waals surface area contributed by atoms with Gasteiger partial charge in [-0.3, -0.25) is 33.2 Å². The molecule has 15 rings (SSSR count). The highest BCUT2D eigenvalue weighted by Gasteiger charge is 2.33. The maximum Gasteiger partial charge on any atom is 0.410 e. The van der Waals surface area contributed by atoms with Crippen LogP contribution in [-0.2, 0) is 14.3 Å². The van der Waals surface area contributed by atoms with Crippen molar-refractivity contribution >= 4 is 79.7 Å². The Labute approximate surface area is 624 Å². The number of nitrogens with one attached hydrogen (secondary N) is 4. The molecule has 0 bridgehead atoms. The molecule has 3 fully saturated rings. The van der Waals surface area contributed by atoms with Gasteiger partial charge in [-0.1, -0.05) is 67.8 Å². The molecule has 108 heavy (non-hydrogen) atoms. The zero-order valence-electron chi connectivity index (χ0n) is 59.9. The number of amides is 2. The summed E-state index contributed by atoms with van der Waals surface area (Å²) in [5.41, 5.74) is 22.3. The molecule has 2 amide bonds. The van der Waals surface area contributed by atoms with Crippen molar-refractivity contribution in [3.8, 4) is 68.3 Å². The number of aromatic amines is 3. The summed E-state index contributed by atoms with van der Waals surface area (Å²) < 4.78 is 28.4. The predicted molar refractivity (Wildman–Crippen MR) is 415 cm³/mol. The van der Waals surface area contributed by atoms with E-state index < -0.39 is 11.6 Å². The van der Waals surface area contributed by atoms with Crippen LogP contribution in [0.4, 0.5) is 22.2 Å². The number of halogens is 1. The average molecular weight is 1480 g/mol. The highest BCUT2D eigenvalue weighted by atomic mass is 35.5. The number of aromatic nitrogens is 12. The van der Waals surface area contributed by atoms with Crippen LogP contribution in [0.15, 0.2) is 203 Å². The zero-order valence-corrected chi connectivity index (χ0v) is 60.7. The lowest BCUT2D eigenvalue weighted by molar-refractivity contribution is -0.131. The van der Waals surface area contributed by atoms with Crippen LogP contribution in [0.1, 0.15) is 77.4 Å². The van der Waals surface area contributed by atoms with E-state index in [1.54, 1.807) is 19.2 Å². The third kappa shape index (κ3) is 18.1. The number of aliphatic carboxylic acids is 1. The van der Waals surface area contributed by atoms with E-state index in [-0.39, 0.29) is 64.3 Å². The molecule has 6 aromatic heterocycles. The first kappa shape index (κ1) is 76.2. The number of para-hydroxylation sites is 3. The van der Waals surface area contributed by atoms with Crippen molar-refractivity contribution in [3.63, 3.8) is 0 Å².